The Morgan fingerprint density at radius 3 is 2.63 bits per heavy atom. The third kappa shape index (κ3) is 3.26. The van der Waals surface area contributed by atoms with Crippen LogP contribution >= 0.6 is 11.6 Å². The molecule has 0 aromatic heterocycles. The fourth-order valence-electron chi connectivity index (χ4n) is 2.05. The SMILES string of the molecule is CCCOc1ccc(N2CC(C(=O)Cl)CC2=O)cc1. The molecule has 4 nitrogen and oxygen atoms in total. The zero-order chi connectivity index (χ0) is 13.8. The van der Waals surface area contributed by atoms with E-state index in [0.717, 1.165) is 17.9 Å². The predicted molar refractivity (Wildman–Crippen MR) is 73.5 cm³/mol. The lowest BCUT2D eigenvalue weighted by atomic mass is 10.1. The number of carbonyl (C=O) groups excluding carboxylic acids is 2. The Balaban J connectivity index is 2.06. The minimum absolute atomic E-state index is 0.0683. The summed E-state index contributed by atoms with van der Waals surface area (Å²) < 4.78 is 5.48. The quantitative estimate of drug-likeness (QED) is 0.780. The molecular weight excluding hydrogens is 266 g/mol. The molecule has 2 rings (SSSR count). The van der Waals surface area contributed by atoms with Crippen molar-refractivity contribution in [3.05, 3.63) is 24.3 Å². The molecule has 1 fully saturated rings. The molecule has 1 aliphatic heterocycles. The van der Waals surface area contributed by atoms with Crippen LogP contribution in [0.25, 0.3) is 0 Å². The van der Waals surface area contributed by atoms with Gasteiger partial charge >= 0.3 is 0 Å². The van der Waals surface area contributed by atoms with E-state index < -0.39 is 11.2 Å². The Morgan fingerprint density at radius 1 is 1.42 bits per heavy atom. The van der Waals surface area contributed by atoms with Crippen LogP contribution in [0.15, 0.2) is 24.3 Å². The zero-order valence-electron chi connectivity index (χ0n) is 10.8. The van der Waals surface area contributed by atoms with Gasteiger partial charge in [-0.25, -0.2) is 0 Å². The third-order valence-corrected chi connectivity index (χ3v) is 3.38. The third-order valence-electron chi connectivity index (χ3n) is 3.07. The van der Waals surface area contributed by atoms with Crippen molar-refractivity contribution in [3.63, 3.8) is 0 Å². The number of hydrogen-bond acceptors (Lipinski definition) is 3. The van der Waals surface area contributed by atoms with Gasteiger partial charge in [-0.1, -0.05) is 6.92 Å². The van der Waals surface area contributed by atoms with Crippen molar-refractivity contribution in [2.75, 3.05) is 18.1 Å². The molecule has 19 heavy (non-hydrogen) atoms. The van der Waals surface area contributed by atoms with Gasteiger partial charge in [0.05, 0.1) is 12.5 Å². The minimum Gasteiger partial charge on any atom is -0.494 e. The average molecular weight is 282 g/mol. The molecule has 1 aliphatic rings. The van der Waals surface area contributed by atoms with Crippen LogP contribution in [0, 0.1) is 5.92 Å². The molecule has 1 aromatic rings. The molecule has 5 heteroatoms. The first-order valence-electron chi connectivity index (χ1n) is 6.34. The van der Waals surface area contributed by atoms with E-state index in [1.54, 1.807) is 4.90 Å². The summed E-state index contributed by atoms with van der Waals surface area (Å²) in [5, 5.41) is -0.446. The molecule has 0 N–H and O–H groups in total. The van der Waals surface area contributed by atoms with Gasteiger partial charge in [0.2, 0.25) is 11.1 Å². The summed E-state index contributed by atoms with van der Waals surface area (Å²) >= 11 is 5.45. The Hall–Kier alpha value is -1.55. The van der Waals surface area contributed by atoms with Crippen molar-refractivity contribution in [2.24, 2.45) is 5.92 Å². The number of anilines is 1. The molecule has 1 heterocycles. The van der Waals surface area contributed by atoms with Crippen molar-refractivity contribution in [1.82, 2.24) is 0 Å². The van der Waals surface area contributed by atoms with Gasteiger partial charge in [0.25, 0.3) is 0 Å². The smallest absolute Gasteiger partial charge is 0.227 e. The molecule has 1 aromatic carbocycles. The van der Waals surface area contributed by atoms with E-state index in [4.69, 9.17) is 16.3 Å². The lowest BCUT2D eigenvalue weighted by Crippen LogP contribution is -2.25. The lowest BCUT2D eigenvalue weighted by Gasteiger charge is -2.16. The van der Waals surface area contributed by atoms with E-state index in [9.17, 15) is 9.59 Å². The number of nitrogens with zero attached hydrogens (tertiary/aromatic N) is 1. The highest BCUT2D eigenvalue weighted by molar-refractivity contribution is 6.64. The van der Waals surface area contributed by atoms with Gasteiger partial charge in [0.15, 0.2) is 0 Å². The van der Waals surface area contributed by atoms with Crippen molar-refractivity contribution >= 4 is 28.4 Å². The number of benzene rings is 1. The summed E-state index contributed by atoms with van der Waals surface area (Å²) in [6.07, 6.45) is 1.14. The molecule has 0 spiro atoms. The number of halogens is 1. The average Bonchev–Trinajstić information content (AvgIpc) is 2.79. The van der Waals surface area contributed by atoms with E-state index in [2.05, 4.69) is 0 Å². The molecule has 0 bridgehead atoms. The van der Waals surface area contributed by atoms with Crippen LogP contribution in [0.2, 0.25) is 0 Å². The second-order valence-electron chi connectivity index (χ2n) is 4.55. The van der Waals surface area contributed by atoms with Crippen LogP contribution in [0.1, 0.15) is 19.8 Å². The second-order valence-corrected chi connectivity index (χ2v) is 4.92. The maximum atomic E-state index is 11.8. The van der Waals surface area contributed by atoms with Gasteiger partial charge in [-0.3, -0.25) is 9.59 Å². The standard InChI is InChI=1S/C14H16ClNO3/c1-2-7-19-12-5-3-11(4-6-12)16-9-10(14(15)18)8-13(16)17/h3-6,10H,2,7-9H2,1H3. The minimum atomic E-state index is -0.446. The van der Waals surface area contributed by atoms with Gasteiger partial charge in [0.1, 0.15) is 5.75 Å². The Kier molecular flexibility index (Phi) is 4.43. The van der Waals surface area contributed by atoms with Crippen LogP contribution in [0.3, 0.4) is 0 Å². The molecule has 1 unspecified atom stereocenters. The maximum Gasteiger partial charge on any atom is 0.227 e. The Morgan fingerprint density at radius 2 is 2.11 bits per heavy atom. The second kappa shape index (κ2) is 6.06. The van der Waals surface area contributed by atoms with Crippen molar-refractivity contribution in [2.45, 2.75) is 19.8 Å². The molecule has 0 saturated carbocycles. The van der Waals surface area contributed by atoms with Gasteiger partial charge in [0, 0.05) is 18.7 Å². The highest BCUT2D eigenvalue weighted by Gasteiger charge is 2.34. The van der Waals surface area contributed by atoms with E-state index in [0.29, 0.717) is 13.2 Å². The Bertz CT molecular complexity index is 472. The van der Waals surface area contributed by atoms with Crippen LogP contribution in [-0.2, 0) is 9.59 Å². The van der Waals surface area contributed by atoms with Crippen molar-refractivity contribution in [1.29, 1.82) is 0 Å². The van der Waals surface area contributed by atoms with Gasteiger partial charge in [-0.05, 0) is 42.3 Å². The van der Waals surface area contributed by atoms with E-state index in [1.807, 2.05) is 31.2 Å². The van der Waals surface area contributed by atoms with Gasteiger partial charge in [-0.2, -0.15) is 0 Å². The molecule has 102 valence electrons. The molecule has 0 aliphatic carbocycles. The van der Waals surface area contributed by atoms with E-state index in [-0.39, 0.29) is 12.3 Å². The number of amides is 1. The fourth-order valence-corrected chi connectivity index (χ4v) is 2.20. The summed E-state index contributed by atoms with van der Waals surface area (Å²) in [5.74, 6) is 0.314. The highest BCUT2D eigenvalue weighted by Crippen LogP contribution is 2.27. The molecule has 0 radical (unpaired) electrons. The number of carbonyl (C=O) groups is 2. The van der Waals surface area contributed by atoms with Crippen LogP contribution in [0.4, 0.5) is 5.69 Å². The van der Waals surface area contributed by atoms with Crippen LogP contribution in [0.5, 0.6) is 5.75 Å². The molecule has 1 saturated heterocycles. The highest BCUT2D eigenvalue weighted by atomic mass is 35.5. The molecular formula is C14H16ClNO3. The predicted octanol–water partition coefficient (Wildman–Crippen LogP) is 2.59. The van der Waals surface area contributed by atoms with Gasteiger partial charge < -0.3 is 9.64 Å². The van der Waals surface area contributed by atoms with Crippen molar-refractivity contribution in [3.8, 4) is 5.75 Å². The van der Waals surface area contributed by atoms with E-state index in [1.165, 1.54) is 0 Å². The number of rotatable bonds is 5. The normalized spacial score (nSPS) is 18.7. The van der Waals surface area contributed by atoms with Gasteiger partial charge in [-0.15, -0.1) is 0 Å². The number of ether oxygens (including phenoxy) is 1. The summed E-state index contributed by atoms with van der Waals surface area (Å²) in [5.41, 5.74) is 0.772. The first-order valence-corrected chi connectivity index (χ1v) is 6.72. The summed E-state index contributed by atoms with van der Waals surface area (Å²) in [6.45, 7) is 3.07. The molecule has 1 amide bonds. The first-order chi connectivity index (χ1) is 9.11. The fraction of sp³-hybridized carbons (Fsp3) is 0.429. The van der Waals surface area contributed by atoms with Crippen LogP contribution < -0.4 is 9.64 Å². The summed E-state index contributed by atoms with van der Waals surface area (Å²) in [6, 6.07) is 7.30. The Labute approximate surface area is 117 Å². The largest absolute Gasteiger partial charge is 0.494 e. The monoisotopic (exact) mass is 281 g/mol. The lowest BCUT2D eigenvalue weighted by molar-refractivity contribution is -0.120. The number of hydrogen-bond donors (Lipinski definition) is 0. The van der Waals surface area contributed by atoms with Crippen LogP contribution in [-0.4, -0.2) is 24.3 Å². The topological polar surface area (TPSA) is 46.6 Å². The van der Waals surface area contributed by atoms with E-state index >= 15 is 0 Å². The van der Waals surface area contributed by atoms with Crippen molar-refractivity contribution < 1.29 is 14.3 Å². The zero-order valence-corrected chi connectivity index (χ0v) is 11.5. The first kappa shape index (κ1) is 13.9. The summed E-state index contributed by atoms with van der Waals surface area (Å²) in [4.78, 5) is 24.5. The maximum absolute atomic E-state index is 11.8. The summed E-state index contributed by atoms with van der Waals surface area (Å²) in [7, 11) is 0. The molecule has 1 atom stereocenters.